The van der Waals surface area contributed by atoms with Crippen molar-refractivity contribution < 1.29 is 0 Å². The summed E-state index contributed by atoms with van der Waals surface area (Å²) >= 11 is 9.99. The largest absolute Gasteiger partial charge is 0.397 e. The predicted octanol–water partition coefficient (Wildman–Crippen LogP) is 7.24. The standard InChI is InChI=1S/C15H17BrN6.C9H15N3.C6H3Br2N3/c1-3-21(4-2)13-6-5-11(9-18-13)19-14-15-17-7-8-22(15)10-12(16)20-14;1-3-12(4-2)9-6-5-8(10)7-11-9;7-4-3-11-2-1-9-6(11)5(8)10-4/h5-10H,3-4H2,1-2H3,(H,19,20);5-7H,3-4,10H2,1-2H3;1-3H. The van der Waals surface area contributed by atoms with Crippen molar-refractivity contribution >= 4 is 87.9 Å². The highest BCUT2D eigenvalue weighted by atomic mass is 79.9. The average Bonchev–Trinajstić information content (AvgIpc) is 3.71. The molecule has 0 fully saturated rings. The van der Waals surface area contributed by atoms with Crippen molar-refractivity contribution in [1.29, 1.82) is 0 Å². The molecule has 0 spiro atoms. The molecule has 0 saturated heterocycles. The first-order valence-corrected chi connectivity index (χ1v) is 16.7. The third-order valence-corrected chi connectivity index (χ3v) is 7.90. The fraction of sp³-hybridized carbons (Fsp3) is 0.267. The molecule has 0 unspecified atom stereocenters. The number of aromatic nitrogens is 8. The van der Waals surface area contributed by atoms with Gasteiger partial charge in [0.1, 0.15) is 20.8 Å². The van der Waals surface area contributed by atoms with Crippen molar-refractivity contribution in [2.24, 2.45) is 0 Å². The summed E-state index contributed by atoms with van der Waals surface area (Å²) in [6.07, 6.45) is 14.5. The number of pyridine rings is 2. The molecule has 0 bridgehead atoms. The minimum absolute atomic E-state index is 0.691. The number of halogens is 3. The Morgan fingerprint density at radius 1 is 0.689 bits per heavy atom. The van der Waals surface area contributed by atoms with Gasteiger partial charge in [0.2, 0.25) is 0 Å². The number of nitrogens with two attached hydrogens (primary N) is 1. The molecule has 236 valence electrons. The van der Waals surface area contributed by atoms with Gasteiger partial charge in [-0.15, -0.1) is 0 Å². The fourth-order valence-electron chi connectivity index (χ4n) is 4.31. The summed E-state index contributed by atoms with van der Waals surface area (Å²) in [5.41, 5.74) is 8.72. The number of fused-ring (bicyclic) bond motifs is 2. The van der Waals surface area contributed by atoms with Crippen LogP contribution in [0.5, 0.6) is 0 Å². The second kappa shape index (κ2) is 16.5. The number of imidazole rings is 2. The van der Waals surface area contributed by atoms with Gasteiger partial charge in [-0.05, 0) is 99.8 Å². The van der Waals surface area contributed by atoms with E-state index in [4.69, 9.17) is 5.73 Å². The third-order valence-electron chi connectivity index (χ3n) is 6.60. The SMILES string of the molecule is Brc1cn2ccnc2c(Br)n1.CCN(CC)c1ccc(N)cn1.CCN(CC)c1ccc(Nc2nc(Br)cn3ccnc23)cn1. The zero-order chi connectivity index (χ0) is 32.3. The van der Waals surface area contributed by atoms with Gasteiger partial charge in [0.05, 0.1) is 23.8 Å². The minimum Gasteiger partial charge on any atom is -0.397 e. The number of nitrogen functional groups attached to an aromatic ring is 1. The van der Waals surface area contributed by atoms with E-state index in [0.29, 0.717) is 11.5 Å². The van der Waals surface area contributed by atoms with Crippen molar-refractivity contribution in [1.82, 2.24) is 38.7 Å². The summed E-state index contributed by atoms with van der Waals surface area (Å²) in [6.45, 7) is 12.3. The van der Waals surface area contributed by atoms with Crippen LogP contribution in [0.15, 0.2) is 87.6 Å². The fourth-order valence-corrected chi connectivity index (χ4v) is 5.84. The quantitative estimate of drug-likeness (QED) is 0.163. The van der Waals surface area contributed by atoms with E-state index < -0.39 is 0 Å². The first-order valence-electron chi connectivity index (χ1n) is 14.3. The molecule has 6 aromatic heterocycles. The van der Waals surface area contributed by atoms with Crippen molar-refractivity contribution in [2.75, 3.05) is 47.0 Å². The first-order chi connectivity index (χ1) is 21.8. The Labute approximate surface area is 287 Å². The van der Waals surface area contributed by atoms with Crippen molar-refractivity contribution in [3.63, 3.8) is 0 Å². The topological polar surface area (TPSA) is 131 Å². The van der Waals surface area contributed by atoms with E-state index in [-0.39, 0.29) is 0 Å². The lowest BCUT2D eigenvalue weighted by Crippen LogP contribution is -2.22. The molecule has 0 radical (unpaired) electrons. The second-order valence-electron chi connectivity index (χ2n) is 9.41. The molecule has 0 atom stereocenters. The maximum Gasteiger partial charge on any atom is 0.180 e. The molecular weight excluding hydrogens is 768 g/mol. The summed E-state index contributed by atoms with van der Waals surface area (Å²) in [7, 11) is 0. The summed E-state index contributed by atoms with van der Waals surface area (Å²) in [6, 6.07) is 7.84. The van der Waals surface area contributed by atoms with Gasteiger partial charge < -0.3 is 29.7 Å². The van der Waals surface area contributed by atoms with Gasteiger partial charge in [-0.1, -0.05) is 0 Å². The highest BCUT2D eigenvalue weighted by Crippen LogP contribution is 2.22. The third kappa shape index (κ3) is 9.11. The van der Waals surface area contributed by atoms with Crippen molar-refractivity contribution in [2.45, 2.75) is 27.7 Å². The monoisotopic (exact) mass is 800 g/mol. The molecule has 6 aromatic rings. The molecule has 0 aliphatic heterocycles. The highest BCUT2D eigenvalue weighted by molar-refractivity contribution is 9.11. The molecule has 0 aromatic carbocycles. The van der Waals surface area contributed by atoms with E-state index in [2.05, 4.69) is 121 Å². The van der Waals surface area contributed by atoms with Crippen molar-refractivity contribution in [3.8, 4) is 0 Å². The van der Waals surface area contributed by atoms with Crippen LogP contribution in [0, 0.1) is 0 Å². The summed E-state index contributed by atoms with van der Waals surface area (Å²) < 4.78 is 6.08. The minimum atomic E-state index is 0.691. The molecular formula is C30H35Br3N12. The summed E-state index contributed by atoms with van der Waals surface area (Å²) in [4.78, 5) is 30.1. The van der Waals surface area contributed by atoms with Gasteiger partial charge in [-0.2, -0.15) is 0 Å². The molecule has 6 heterocycles. The van der Waals surface area contributed by atoms with E-state index in [0.717, 1.165) is 68.6 Å². The van der Waals surface area contributed by atoms with Crippen molar-refractivity contribution in [3.05, 3.63) is 87.6 Å². The lowest BCUT2D eigenvalue weighted by atomic mass is 10.3. The number of nitrogens with zero attached hydrogens (tertiary/aromatic N) is 10. The van der Waals surface area contributed by atoms with Gasteiger partial charge in [-0.25, -0.2) is 29.9 Å². The van der Waals surface area contributed by atoms with Gasteiger partial charge in [0.15, 0.2) is 21.7 Å². The second-order valence-corrected chi connectivity index (χ2v) is 11.8. The van der Waals surface area contributed by atoms with Crippen LogP contribution in [-0.2, 0) is 0 Å². The Balaban J connectivity index is 0.000000169. The van der Waals surface area contributed by atoms with Crippen LogP contribution in [-0.4, -0.2) is 64.9 Å². The van der Waals surface area contributed by atoms with Gasteiger partial charge in [-0.3, -0.25) is 0 Å². The number of anilines is 5. The first kappa shape index (κ1) is 34.1. The van der Waals surface area contributed by atoms with Crippen LogP contribution in [0.2, 0.25) is 0 Å². The Kier molecular flexibility index (Phi) is 12.5. The van der Waals surface area contributed by atoms with Gasteiger partial charge in [0, 0.05) is 63.4 Å². The Morgan fingerprint density at radius 2 is 1.22 bits per heavy atom. The Hall–Kier alpha value is -3.82. The van der Waals surface area contributed by atoms with E-state index in [1.54, 1.807) is 18.6 Å². The highest BCUT2D eigenvalue weighted by Gasteiger charge is 2.08. The molecule has 45 heavy (non-hydrogen) atoms. The molecule has 6 rings (SSSR count). The molecule has 0 aliphatic rings. The Morgan fingerprint density at radius 3 is 1.76 bits per heavy atom. The Bertz CT molecular complexity index is 1780. The van der Waals surface area contributed by atoms with Gasteiger partial charge >= 0.3 is 0 Å². The molecule has 0 amide bonds. The van der Waals surface area contributed by atoms with E-state index >= 15 is 0 Å². The van der Waals surface area contributed by atoms with E-state index in [1.165, 1.54) is 0 Å². The molecule has 3 N–H and O–H groups in total. The van der Waals surface area contributed by atoms with E-state index in [1.807, 2.05) is 64.1 Å². The summed E-state index contributed by atoms with van der Waals surface area (Å²) in [5, 5.41) is 3.27. The molecule has 15 heteroatoms. The van der Waals surface area contributed by atoms with Crippen LogP contribution >= 0.6 is 47.8 Å². The van der Waals surface area contributed by atoms with Crippen LogP contribution in [0.3, 0.4) is 0 Å². The normalized spacial score (nSPS) is 10.6. The van der Waals surface area contributed by atoms with E-state index in [9.17, 15) is 0 Å². The lowest BCUT2D eigenvalue weighted by Gasteiger charge is -2.19. The van der Waals surface area contributed by atoms with Crippen LogP contribution < -0.4 is 20.9 Å². The average molecular weight is 803 g/mol. The smallest absolute Gasteiger partial charge is 0.180 e. The van der Waals surface area contributed by atoms with Gasteiger partial charge in [0.25, 0.3) is 0 Å². The van der Waals surface area contributed by atoms with Crippen LogP contribution in [0.4, 0.5) is 28.8 Å². The molecule has 0 aliphatic carbocycles. The number of nitrogens with one attached hydrogen (secondary N) is 1. The zero-order valence-corrected chi connectivity index (χ0v) is 30.2. The molecule has 0 saturated carbocycles. The predicted molar refractivity (Wildman–Crippen MR) is 192 cm³/mol. The van der Waals surface area contributed by atoms with Crippen LogP contribution in [0.25, 0.3) is 11.3 Å². The lowest BCUT2D eigenvalue weighted by molar-refractivity contribution is 0.846. The van der Waals surface area contributed by atoms with Crippen LogP contribution in [0.1, 0.15) is 27.7 Å². The summed E-state index contributed by atoms with van der Waals surface area (Å²) in [5.74, 6) is 2.66. The molecule has 12 nitrogen and oxygen atoms in total. The number of rotatable bonds is 8. The number of hydrogen-bond acceptors (Lipinski definition) is 10. The maximum atomic E-state index is 5.53. The zero-order valence-electron chi connectivity index (χ0n) is 25.4. The maximum absolute atomic E-state index is 5.53. The number of hydrogen-bond donors (Lipinski definition) is 2.